The molecule has 1 aromatic rings. The van der Waals surface area contributed by atoms with E-state index in [9.17, 15) is 14.4 Å². The van der Waals surface area contributed by atoms with E-state index >= 15 is 0 Å². The molecule has 25 heavy (non-hydrogen) atoms. The highest BCUT2D eigenvalue weighted by atomic mass is 127. The van der Waals surface area contributed by atoms with Gasteiger partial charge in [-0.05, 0) is 43.4 Å². The van der Waals surface area contributed by atoms with E-state index in [1.54, 1.807) is 20.8 Å². The third-order valence-electron chi connectivity index (χ3n) is 2.92. The fourth-order valence-electron chi connectivity index (χ4n) is 1.85. The molecule has 140 valence electrons. The van der Waals surface area contributed by atoms with Crippen molar-refractivity contribution in [2.75, 3.05) is 13.7 Å². The Kier molecular flexibility index (Phi) is 8.13. The molecule has 0 radical (unpaired) electrons. The Morgan fingerprint density at radius 2 is 2.04 bits per heavy atom. The molecular formula is C15H23IN4O5. The lowest BCUT2D eigenvalue weighted by Gasteiger charge is -2.20. The molecule has 1 heterocycles. The van der Waals surface area contributed by atoms with Crippen LogP contribution < -0.4 is 10.6 Å². The minimum Gasteiger partial charge on any atom is -0.467 e. The number of ether oxygens (including phenoxy) is 2. The molecule has 0 saturated heterocycles. The van der Waals surface area contributed by atoms with Gasteiger partial charge in [0.2, 0.25) is 5.91 Å². The van der Waals surface area contributed by atoms with Crippen LogP contribution in [-0.2, 0) is 25.5 Å². The van der Waals surface area contributed by atoms with E-state index in [2.05, 4.69) is 20.6 Å². The number of hydrogen-bond acceptors (Lipinski definition) is 6. The topological polar surface area (TPSA) is 122 Å². The molecule has 0 aliphatic carbocycles. The number of aromatic amines is 1. The number of methoxy groups -OCH3 is 1. The lowest BCUT2D eigenvalue weighted by atomic mass is 10.1. The SMILES string of the molecule is COC(=O)[C@H](Cc1[nH]cnc1I)NC(=O)CCNC(=O)OC(C)(C)C. The summed E-state index contributed by atoms with van der Waals surface area (Å²) in [6.07, 6.45) is 1.15. The molecule has 0 aliphatic heterocycles. The maximum Gasteiger partial charge on any atom is 0.407 e. The second kappa shape index (κ2) is 9.59. The number of nitrogens with one attached hydrogen (secondary N) is 3. The Balaban J connectivity index is 2.49. The Morgan fingerprint density at radius 3 is 2.56 bits per heavy atom. The lowest BCUT2D eigenvalue weighted by Crippen LogP contribution is -2.44. The summed E-state index contributed by atoms with van der Waals surface area (Å²) in [7, 11) is 1.25. The fraction of sp³-hybridized carbons (Fsp3) is 0.600. The molecule has 0 spiro atoms. The maximum atomic E-state index is 12.0. The third kappa shape index (κ3) is 8.18. The van der Waals surface area contributed by atoms with Gasteiger partial charge in [-0.2, -0.15) is 0 Å². The lowest BCUT2D eigenvalue weighted by molar-refractivity contribution is -0.145. The molecule has 0 aliphatic rings. The van der Waals surface area contributed by atoms with E-state index < -0.39 is 23.7 Å². The van der Waals surface area contributed by atoms with Crippen LogP contribution in [0.1, 0.15) is 32.9 Å². The van der Waals surface area contributed by atoms with Crippen LogP contribution in [0.15, 0.2) is 6.33 Å². The summed E-state index contributed by atoms with van der Waals surface area (Å²) in [6, 6.07) is -0.840. The number of aromatic nitrogens is 2. The van der Waals surface area contributed by atoms with Crippen molar-refractivity contribution in [1.29, 1.82) is 0 Å². The van der Waals surface area contributed by atoms with Gasteiger partial charge >= 0.3 is 12.1 Å². The van der Waals surface area contributed by atoms with Gasteiger partial charge in [-0.15, -0.1) is 0 Å². The van der Waals surface area contributed by atoms with Crippen molar-refractivity contribution in [2.45, 2.75) is 45.3 Å². The van der Waals surface area contributed by atoms with Gasteiger partial charge < -0.3 is 25.1 Å². The second-order valence-electron chi connectivity index (χ2n) is 6.20. The van der Waals surface area contributed by atoms with Crippen LogP contribution in [0.2, 0.25) is 0 Å². The van der Waals surface area contributed by atoms with Gasteiger partial charge in [-0.1, -0.05) is 0 Å². The van der Waals surface area contributed by atoms with Crippen molar-refractivity contribution in [3.63, 3.8) is 0 Å². The van der Waals surface area contributed by atoms with E-state index in [-0.39, 0.29) is 25.3 Å². The minimum atomic E-state index is -0.840. The first-order valence-corrected chi connectivity index (χ1v) is 8.72. The molecule has 0 fully saturated rings. The zero-order valence-corrected chi connectivity index (χ0v) is 16.8. The summed E-state index contributed by atoms with van der Waals surface area (Å²) in [5.74, 6) is -0.945. The number of nitrogens with zero attached hydrogens (tertiary/aromatic N) is 1. The zero-order valence-electron chi connectivity index (χ0n) is 14.6. The molecule has 1 rings (SSSR count). The van der Waals surface area contributed by atoms with Crippen molar-refractivity contribution in [2.24, 2.45) is 0 Å². The molecular weight excluding hydrogens is 443 g/mol. The van der Waals surface area contributed by atoms with Crippen LogP contribution in [-0.4, -0.2) is 53.2 Å². The quantitative estimate of drug-likeness (QED) is 0.409. The van der Waals surface area contributed by atoms with Gasteiger partial charge in [0.1, 0.15) is 15.3 Å². The van der Waals surface area contributed by atoms with Gasteiger partial charge in [0.15, 0.2) is 0 Å². The highest BCUT2D eigenvalue weighted by Gasteiger charge is 2.24. The first kappa shape index (κ1) is 21.2. The van der Waals surface area contributed by atoms with Crippen LogP contribution in [0.4, 0.5) is 4.79 Å². The van der Waals surface area contributed by atoms with E-state index in [4.69, 9.17) is 9.47 Å². The van der Waals surface area contributed by atoms with Crippen molar-refractivity contribution in [3.8, 4) is 0 Å². The largest absolute Gasteiger partial charge is 0.467 e. The molecule has 10 heteroatoms. The zero-order chi connectivity index (χ0) is 19.0. The molecule has 0 bridgehead atoms. The molecule has 0 aromatic carbocycles. The van der Waals surface area contributed by atoms with Crippen LogP contribution in [0.5, 0.6) is 0 Å². The summed E-state index contributed by atoms with van der Waals surface area (Å²) in [4.78, 5) is 42.3. The molecule has 3 N–H and O–H groups in total. The van der Waals surface area contributed by atoms with Gasteiger partial charge in [-0.25, -0.2) is 14.6 Å². The van der Waals surface area contributed by atoms with Crippen LogP contribution in [0.25, 0.3) is 0 Å². The van der Waals surface area contributed by atoms with E-state index in [1.165, 1.54) is 13.4 Å². The Labute approximate surface area is 159 Å². The third-order valence-corrected chi connectivity index (χ3v) is 3.84. The molecule has 0 unspecified atom stereocenters. The average Bonchev–Trinajstić information content (AvgIpc) is 2.89. The molecule has 1 aromatic heterocycles. The summed E-state index contributed by atoms with van der Waals surface area (Å²) >= 11 is 2.03. The van der Waals surface area contributed by atoms with Crippen molar-refractivity contribution < 1.29 is 23.9 Å². The molecule has 9 nitrogen and oxygen atoms in total. The van der Waals surface area contributed by atoms with E-state index in [0.717, 1.165) is 5.69 Å². The highest BCUT2D eigenvalue weighted by molar-refractivity contribution is 14.1. The number of hydrogen-bond donors (Lipinski definition) is 3. The van der Waals surface area contributed by atoms with Gasteiger partial charge in [-0.3, -0.25) is 4.79 Å². The van der Waals surface area contributed by atoms with E-state index in [0.29, 0.717) is 3.70 Å². The first-order chi connectivity index (χ1) is 11.6. The number of carbonyl (C=O) groups excluding carboxylic acids is 3. The monoisotopic (exact) mass is 466 g/mol. The number of imidazole rings is 1. The molecule has 1 atom stereocenters. The second-order valence-corrected chi connectivity index (χ2v) is 7.22. The number of rotatable bonds is 7. The Hall–Kier alpha value is -1.85. The minimum absolute atomic E-state index is 0.00675. The Bertz CT molecular complexity index is 611. The van der Waals surface area contributed by atoms with Gasteiger partial charge in [0.25, 0.3) is 0 Å². The molecule has 2 amide bonds. The summed E-state index contributed by atoms with van der Waals surface area (Å²) in [6.45, 7) is 5.33. The number of halogens is 1. The summed E-state index contributed by atoms with van der Waals surface area (Å²) < 4.78 is 10.5. The number of alkyl carbamates (subject to hydrolysis) is 1. The smallest absolute Gasteiger partial charge is 0.407 e. The van der Waals surface area contributed by atoms with Gasteiger partial charge in [0.05, 0.1) is 19.1 Å². The number of carbonyl (C=O) groups is 3. The van der Waals surface area contributed by atoms with Crippen molar-refractivity contribution in [3.05, 3.63) is 15.7 Å². The van der Waals surface area contributed by atoms with Crippen molar-refractivity contribution >= 4 is 40.6 Å². The van der Waals surface area contributed by atoms with Crippen molar-refractivity contribution in [1.82, 2.24) is 20.6 Å². The summed E-state index contributed by atoms with van der Waals surface area (Å²) in [5.41, 5.74) is 0.118. The summed E-state index contributed by atoms with van der Waals surface area (Å²) in [5, 5.41) is 5.08. The number of H-pyrrole nitrogens is 1. The van der Waals surface area contributed by atoms with Crippen LogP contribution in [0, 0.1) is 3.70 Å². The predicted octanol–water partition coefficient (Wildman–Crippen LogP) is 1.13. The standard InChI is InChI=1S/C15H23IN4O5/c1-15(2,3)25-14(23)17-6-5-11(21)20-10(13(22)24-4)7-9-12(16)19-8-18-9/h8,10H,5-7H2,1-4H3,(H,17,23)(H,18,19)(H,20,21)/t10-/m0/s1. The first-order valence-electron chi connectivity index (χ1n) is 7.64. The van der Waals surface area contributed by atoms with Crippen LogP contribution >= 0.6 is 22.6 Å². The maximum absolute atomic E-state index is 12.0. The van der Waals surface area contributed by atoms with E-state index in [1.807, 2.05) is 22.6 Å². The fourth-order valence-corrected chi connectivity index (χ4v) is 2.36. The molecule has 0 saturated carbocycles. The normalized spacial score (nSPS) is 12.2. The predicted molar refractivity (Wildman–Crippen MR) is 97.8 cm³/mol. The van der Waals surface area contributed by atoms with Gasteiger partial charge in [0, 0.05) is 19.4 Å². The van der Waals surface area contributed by atoms with Crippen LogP contribution in [0.3, 0.4) is 0 Å². The number of esters is 1. The Morgan fingerprint density at radius 1 is 1.36 bits per heavy atom. The average molecular weight is 466 g/mol. The highest BCUT2D eigenvalue weighted by Crippen LogP contribution is 2.10. The number of amides is 2.